The van der Waals surface area contributed by atoms with E-state index >= 15 is 0 Å². The van der Waals surface area contributed by atoms with Crippen molar-refractivity contribution in [2.75, 3.05) is 6.54 Å². The number of hydrogen-bond acceptors (Lipinski definition) is 1. The van der Waals surface area contributed by atoms with Gasteiger partial charge in [0.05, 0.1) is 0 Å². The van der Waals surface area contributed by atoms with E-state index in [9.17, 15) is 0 Å². The quantitative estimate of drug-likeness (QED) is 0.650. The summed E-state index contributed by atoms with van der Waals surface area (Å²) >= 11 is 0. The highest BCUT2D eigenvalue weighted by atomic mass is 15.2. The number of likely N-dealkylation sites (tertiary alicyclic amines) is 1. The molecule has 1 saturated heterocycles. The molecule has 1 heteroatoms. The van der Waals surface area contributed by atoms with Gasteiger partial charge in [0.25, 0.3) is 0 Å². The summed E-state index contributed by atoms with van der Waals surface area (Å²) in [5.41, 5.74) is 1.24. The Morgan fingerprint density at radius 1 is 0.952 bits per heavy atom. The van der Waals surface area contributed by atoms with Crippen LogP contribution in [-0.2, 0) is 0 Å². The predicted molar refractivity (Wildman–Crippen MR) is 88.9 cm³/mol. The van der Waals surface area contributed by atoms with Crippen LogP contribution in [0.4, 0.5) is 0 Å². The molecule has 0 aromatic carbocycles. The van der Waals surface area contributed by atoms with Gasteiger partial charge in [-0.3, -0.25) is 0 Å². The van der Waals surface area contributed by atoms with Crippen molar-refractivity contribution in [2.45, 2.75) is 71.8 Å². The first kappa shape index (κ1) is 14.2. The van der Waals surface area contributed by atoms with E-state index in [0.717, 1.165) is 29.7 Å². The van der Waals surface area contributed by atoms with Crippen LogP contribution < -0.4 is 0 Å². The fourth-order valence-electron chi connectivity index (χ4n) is 7.34. The number of nitrogens with zero attached hydrogens (tertiary/aromatic N) is 1. The second-order valence-electron chi connectivity index (χ2n) is 9.17. The summed E-state index contributed by atoms with van der Waals surface area (Å²) in [5, 5.41) is 0. The zero-order valence-corrected chi connectivity index (χ0v) is 14.3. The summed E-state index contributed by atoms with van der Waals surface area (Å²) in [4.78, 5) is 2.57. The molecule has 4 rings (SSSR count). The largest absolute Gasteiger partial charge is 0.374 e. The van der Waals surface area contributed by atoms with Gasteiger partial charge in [-0.1, -0.05) is 27.4 Å². The normalized spacial score (nSPS) is 55.8. The molecule has 118 valence electrons. The van der Waals surface area contributed by atoms with E-state index in [4.69, 9.17) is 0 Å². The molecule has 7 unspecified atom stereocenters. The van der Waals surface area contributed by atoms with Gasteiger partial charge >= 0.3 is 0 Å². The molecule has 0 bridgehead atoms. The molecule has 1 heterocycles. The summed E-state index contributed by atoms with van der Waals surface area (Å²) in [6, 6.07) is 0.791. The lowest BCUT2D eigenvalue weighted by Gasteiger charge is -2.57. The van der Waals surface area contributed by atoms with Gasteiger partial charge in [-0.25, -0.2) is 0 Å². The van der Waals surface area contributed by atoms with Crippen LogP contribution in [0.1, 0.15) is 65.7 Å². The third-order valence-electron chi connectivity index (χ3n) is 8.84. The Morgan fingerprint density at radius 3 is 2.48 bits per heavy atom. The molecule has 3 aliphatic carbocycles. The number of hydrogen-bond donors (Lipinski definition) is 0. The third-order valence-corrected chi connectivity index (χ3v) is 8.84. The van der Waals surface area contributed by atoms with Crippen LogP contribution >= 0.6 is 0 Å². The first-order valence-corrected chi connectivity index (χ1v) is 9.39. The van der Waals surface area contributed by atoms with Crippen molar-refractivity contribution in [3.8, 4) is 0 Å². The minimum Gasteiger partial charge on any atom is -0.374 e. The number of fused-ring (bicyclic) bond motifs is 5. The Kier molecular flexibility index (Phi) is 3.05. The average Bonchev–Trinajstić information content (AvgIpc) is 2.96. The minimum absolute atomic E-state index is 0.574. The molecule has 0 aromatic heterocycles. The Balaban J connectivity index is 1.65. The van der Waals surface area contributed by atoms with Gasteiger partial charge in [0.15, 0.2) is 0 Å². The van der Waals surface area contributed by atoms with Gasteiger partial charge in [0.2, 0.25) is 0 Å². The second-order valence-corrected chi connectivity index (χ2v) is 9.17. The fraction of sp³-hybridized carbons (Fsp3) is 0.900. The Bertz CT molecular complexity index is 443. The molecule has 1 nitrogen and oxygen atoms in total. The summed E-state index contributed by atoms with van der Waals surface area (Å²) in [6.07, 6.45) is 12.4. The molecule has 4 aliphatic rings. The van der Waals surface area contributed by atoms with Crippen molar-refractivity contribution in [3.63, 3.8) is 0 Å². The van der Waals surface area contributed by atoms with Crippen LogP contribution in [0.15, 0.2) is 12.8 Å². The molecule has 0 amide bonds. The van der Waals surface area contributed by atoms with Crippen molar-refractivity contribution in [3.05, 3.63) is 12.8 Å². The van der Waals surface area contributed by atoms with Gasteiger partial charge in [-0.05, 0) is 85.6 Å². The van der Waals surface area contributed by atoms with Crippen LogP contribution in [0.2, 0.25) is 0 Å². The highest BCUT2D eigenvalue weighted by molar-refractivity contribution is 5.12. The Hall–Kier alpha value is -0.460. The topological polar surface area (TPSA) is 3.24 Å². The lowest BCUT2D eigenvalue weighted by Crippen LogP contribution is -2.53. The van der Waals surface area contributed by atoms with Crippen LogP contribution in [-0.4, -0.2) is 17.5 Å². The summed E-state index contributed by atoms with van der Waals surface area (Å²) in [7, 11) is 0. The smallest absolute Gasteiger partial charge is 0.0341 e. The first-order chi connectivity index (χ1) is 10.0. The molecular weight excluding hydrogens is 254 g/mol. The van der Waals surface area contributed by atoms with E-state index < -0.39 is 0 Å². The highest BCUT2D eigenvalue weighted by Crippen LogP contribution is 2.66. The van der Waals surface area contributed by atoms with E-state index in [1.54, 1.807) is 0 Å². The second kappa shape index (κ2) is 4.52. The van der Waals surface area contributed by atoms with E-state index in [1.807, 2.05) is 0 Å². The van der Waals surface area contributed by atoms with Crippen molar-refractivity contribution in [2.24, 2.45) is 34.5 Å². The minimum atomic E-state index is 0.574. The van der Waals surface area contributed by atoms with Gasteiger partial charge in [0.1, 0.15) is 0 Å². The SMILES string of the molecule is C=CN1CCC2(C)C3CCC4(C)C(C)CCC4C3CCC12. The number of rotatable bonds is 1. The molecule has 0 radical (unpaired) electrons. The molecule has 7 atom stereocenters. The highest BCUT2D eigenvalue weighted by Gasteiger charge is 2.60. The van der Waals surface area contributed by atoms with Crippen LogP contribution in [0, 0.1) is 34.5 Å². The molecular formula is C20H33N. The van der Waals surface area contributed by atoms with Crippen molar-refractivity contribution in [1.29, 1.82) is 0 Å². The summed E-state index contributed by atoms with van der Waals surface area (Å²) in [6.45, 7) is 13.1. The van der Waals surface area contributed by atoms with Crippen LogP contribution in [0.3, 0.4) is 0 Å². The van der Waals surface area contributed by atoms with Crippen molar-refractivity contribution < 1.29 is 0 Å². The van der Waals surface area contributed by atoms with E-state index in [0.29, 0.717) is 10.8 Å². The standard InChI is InChI=1S/C20H33N/c1-5-21-13-12-20(4)17-10-11-19(3)14(2)6-8-16(19)15(17)7-9-18(20)21/h5,14-18H,1,6-13H2,2-4H3. The monoisotopic (exact) mass is 287 g/mol. The predicted octanol–water partition coefficient (Wildman–Crippen LogP) is 5.08. The summed E-state index contributed by atoms with van der Waals surface area (Å²) in [5.74, 6) is 4.01. The molecule has 21 heavy (non-hydrogen) atoms. The molecule has 0 aromatic rings. The molecule has 4 fully saturated rings. The average molecular weight is 287 g/mol. The van der Waals surface area contributed by atoms with E-state index in [1.165, 1.54) is 51.5 Å². The molecule has 1 aliphatic heterocycles. The van der Waals surface area contributed by atoms with E-state index in [-0.39, 0.29) is 0 Å². The molecule has 3 saturated carbocycles. The van der Waals surface area contributed by atoms with Gasteiger partial charge in [0, 0.05) is 12.6 Å². The maximum atomic E-state index is 4.07. The molecule has 0 spiro atoms. The van der Waals surface area contributed by atoms with Gasteiger partial charge in [-0.15, -0.1) is 0 Å². The van der Waals surface area contributed by atoms with Crippen LogP contribution in [0.5, 0.6) is 0 Å². The van der Waals surface area contributed by atoms with Gasteiger partial charge < -0.3 is 4.90 Å². The fourth-order valence-corrected chi connectivity index (χ4v) is 7.34. The molecule has 0 N–H and O–H groups in total. The maximum Gasteiger partial charge on any atom is 0.0341 e. The zero-order valence-electron chi connectivity index (χ0n) is 14.3. The van der Waals surface area contributed by atoms with Crippen molar-refractivity contribution >= 4 is 0 Å². The van der Waals surface area contributed by atoms with Gasteiger partial charge in [-0.2, -0.15) is 0 Å². The maximum absolute atomic E-state index is 4.07. The third kappa shape index (κ3) is 1.70. The van der Waals surface area contributed by atoms with Crippen molar-refractivity contribution in [1.82, 2.24) is 4.90 Å². The zero-order chi connectivity index (χ0) is 14.8. The van der Waals surface area contributed by atoms with Crippen LogP contribution in [0.25, 0.3) is 0 Å². The Morgan fingerprint density at radius 2 is 1.71 bits per heavy atom. The summed E-state index contributed by atoms with van der Waals surface area (Å²) < 4.78 is 0. The lowest BCUT2D eigenvalue weighted by molar-refractivity contribution is -0.0776. The lowest BCUT2D eigenvalue weighted by atomic mass is 9.48. The first-order valence-electron chi connectivity index (χ1n) is 9.39. The van der Waals surface area contributed by atoms with E-state index in [2.05, 4.69) is 38.5 Å². The Labute approximate surface area is 131 Å².